The first kappa shape index (κ1) is 22.9. The number of carboxylic acid groups (broad SMARTS) is 1. The Morgan fingerprint density at radius 1 is 0.750 bits per heavy atom. The fourth-order valence-electron chi connectivity index (χ4n) is 3.74. The van der Waals surface area contributed by atoms with Gasteiger partial charge in [-0.2, -0.15) is 0 Å². The first-order valence-electron chi connectivity index (χ1n) is 10.4. The molecular formula is C23H27N3O6. The van der Waals surface area contributed by atoms with Gasteiger partial charge in [0.05, 0.1) is 11.8 Å². The highest BCUT2D eigenvalue weighted by molar-refractivity contribution is 5.89. The fraction of sp³-hybridized carbons (Fsp3) is 0.348. The Kier molecular flexibility index (Phi) is 7.54. The van der Waals surface area contributed by atoms with E-state index in [2.05, 4.69) is 10.6 Å². The van der Waals surface area contributed by atoms with Gasteiger partial charge in [-0.05, 0) is 48.2 Å². The van der Waals surface area contributed by atoms with E-state index < -0.39 is 17.9 Å². The van der Waals surface area contributed by atoms with Crippen molar-refractivity contribution in [1.29, 1.82) is 0 Å². The van der Waals surface area contributed by atoms with Gasteiger partial charge in [-0.1, -0.05) is 24.3 Å². The molecule has 32 heavy (non-hydrogen) atoms. The molecule has 9 heteroatoms. The predicted octanol–water partition coefficient (Wildman–Crippen LogP) is 1.34. The molecule has 0 saturated carbocycles. The summed E-state index contributed by atoms with van der Waals surface area (Å²) in [6, 6.07) is 13.3. The number of benzene rings is 2. The number of nitrogens with one attached hydrogen (secondary N) is 2. The highest BCUT2D eigenvalue weighted by Crippen LogP contribution is 2.24. The van der Waals surface area contributed by atoms with Crippen molar-refractivity contribution in [3.8, 4) is 11.5 Å². The van der Waals surface area contributed by atoms with Crippen molar-refractivity contribution in [3.05, 3.63) is 59.7 Å². The summed E-state index contributed by atoms with van der Waals surface area (Å²) in [6.45, 7) is 0.609. The number of aromatic hydroxyl groups is 2. The summed E-state index contributed by atoms with van der Waals surface area (Å²) in [5.74, 6) is -1.91. The summed E-state index contributed by atoms with van der Waals surface area (Å²) in [5, 5.41) is 33.6. The Hall–Kier alpha value is -3.75. The zero-order valence-corrected chi connectivity index (χ0v) is 17.5. The van der Waals surface area contributed by atoms with E-state index in [1.807, 2.05) is 0 Å². The van der Waals surface area contributed by atoms with Crippen molar-refractivity contribution in [2.45, 2.75) is 12.8 Å². The molecule has 0 spiro atoms. The van der Waals surface area contributed by atoms with E-state index >= 15 is 0 Å². The monoisotopic (exact) mass is 441 g/mol. The van der Waals surface area contributed by atoms with Crippen LogP contribution in [0.2, 0.25) is 0 Å². The number of amides is 3. The molecule has 1 saturated heterocycles. The Labute approximate surface area is 185 Å². The van der Waals surface area contributed by atoms with Crippen LogP contribution in [-0.4, -0.2) is 64.3 Å². The summed E-state index contributed by atoms with van der Waals surface area (Å²) >= 11 is 0. The lowest BCUT2D eigenvalue weighted by Gasteiger charge is -2.17. The van der Waals surface area contributed by atoms with Crippen LogP contribution in [-0.2, 0) is 22.4 Å². The number of phenolic OH excluding ortho intramolecular Hbond substituents is 2. The molecule has 0 radical (unpaired) electrons. The average molecular weight is 441 g/mol. The number of carbonyl (C=O) groups is 3. The number of hydrogen-bond acceptors (Lipinski definition) is 5. The molecule has 170 valence electrons. The molecule has 0 aromatic heterocycles. The highest BCUT2D eigenvalue weighted by Gasteiger charge is 2.43. The summed E-state index contributed by atoms with van der Waals surface area (Å²) in [5.41, 5.74) is 1.87. The first-order valence-corrected chi connectivity index (χ1v) is 10.4. The molecule has 1 heterocycles. The van der Waals surface area contributed by atoms with Crippen LogP contribution in [0.25, 0.3) is 0 Å². The minimum absolute atomic E-state index is 0.0313. The van der Waals surface area contributed by atoms with Gasteiger partial charge in [0.2, 0.25) is 11.8 Å². The van der Waals surface area contributed by atoms with E-state index in [1.165, 1.54) is 0 Å². The number of phenols is 2. The van der Waals surface area contributed by atoms with Gasteiger partial charge in [0.25, 0.3) is 0 Å². The number of carbonyl (C=O) groups excluding carboxylic acids is 2. The molecule has 3 amide bonds. The molecule has 0 bridgehead atoms. The van der Waals surface area contributed by atoms with Crippen LogP contribution in [0.5, 0.6) is 11.5 Å². The van der Waals surface area contributed by atoms with Gasteiger partial charge in [-0.15, -0.1) is 0 Å². The number of rotatable bonds is 8. The summed E-state index contributed by atoms with van der Waals surface area (Å²) < 4.78 is 0. The van der Waals surface area contributed by atoms with Crippen molar-refractivity contribution in [1.82, 2.24) is 15.5 Å². The quantitative estimate of drug-likeness (QED) is 0.419. The summed E-state index contributed by atoms with van der Waals surface area (Å²) in [7, 11) is 0. The van der Waals surface area contributed by atoms with Gasteiger partial charge in [0, 0.05) is 26.2 Å². The maximum absolute atomic E-state index is 12.7. The van der Waals surface area contributed by atoms with Gasteiger partial charge in [0.15, 0.2) is 0 Å². The zero-order chi connectivity index (χ0) is 23.1. The number of nitrogens with zero attached hydrogens (tertiary/aromatic N) is 1. The topological polar surface area (TPSA) is 139 Å². The fourth-order valence-corrected chi connectivity index (χ4v) is 3.74. The van der Waals surface area contributed by atoms with Crippen LogP contribution in [0, 0.1) is 11.8 Å². The molecular weight excluding hydrogens is 414 g/mol. The van der Waals surface area contributed by atoms with Crippen molar-refractivity contribution < 1.29 is 29.7 Å². The zero-order valence-electron chi connectivity index (χ0n) is 17.5. The van der Waals surface area contributed by atoms with Crippen molar-refractivity contribution in [3.63, 3.8) is 0 Å². The molecule has 2 aromatic rings. The molecule has 1 aliphatic rings. The third kappa shape index (κ3) is 6.13. The third-order valence-electron chi connectivity index (χ3n) is 5.56. The van der Waals surface area contributed by atoms with E-state index in [0.29, 0.717) is 25.9 Å². The minimum Gasteiger partial charge on any atom is -0.508 e. The molecule has 2 aromatic carbocycles. The summed E-state index contributed by atoms with van der Waals surface area (Å²) in [6.07, 6.45) is -0.0678. The van der Waals surface area contributed by atoms with E-state index in [-0.39, 0.29) is 36.4 Å². The second-order valence-electron chi connectivity index (χ2n) is 7.82. The van der Waals surface area contributed by atoms with Crippen LogP contribution in [0.15, 0.2) is 48.5 Å². The maximum Gasteiger partial charge on any atom is 0.407 e. The van der Waals surface area contributed by atoms with Crippen LogP contribution in [0.3, 0.4) is 0 Å². The van der Waals surface area contributed by atoms with Crippen molar-refractivity contribution in [2.24, 2.45) is 11.8 Å². The molecule has 1 aliphatic heterocycles. The lowest BCUT2D eigenvalue weighted by atomic mass is 9.94. The molecule has 1 fully saturated rings. The van der Waals surface area contributed by atoms with E-state index in [9.17, 15) is 29.7 Å². The van der Waals surface area contributed by atoms with Crippen LogP contribution < -0.4 is 10.6 Å². The number of likely N-dealkylation sites (tertiary alicyclic amines) is 1. The lowest BCUT2D eigenvalue weighted by Crippen LogP contribution is -2.42. The van der Waals surface area contributed by atoms with Gasteiger partial charge >= 0.3 is 6.09 Å². The average Bonchev–Trinajstić information content (AvgIpc) is 3.22. The molecule has 9 nitrogen and oxygen atoms in total. The molecule has 0 unspecified atom stereocenters. The summed E-state index contributed by atoms with van der Waals surface area (Å²) in [4.78, 5) is 38.0. The van der Waals surface area contributed by atoms with Crippen LogP contribution >= 0.6 is 0 Å². The Balaban J connectivity index is 1.53. The van der Waals surface area contributed by atoms with Crippen molar-refractivity contribution in [2.75, 3.05) is 26.2 Å². The third-order valence-corrected chi connectivity index (χ3v) is 5.56. The standard InChI is InChI=1S/C23H27N3O6/c27-17-5-1-15(2-6-17)9-11-24-21(29)19-13-26(23(31)32)14-20(19)22(30)25-12-10-16-3-7-18(28)8-4-16/h1-8,19-20,27-28H,9-14H2,(H,24,29)(H,25,30)(H,31,32)/t19-,20-/m1/s1. The van der Waals surface area contributed by atoms with E-state index in [0.717, 1.165) is 16.0 Å². The maximum atomic E-state index is 12.7. The molecule has 0 aliphatic carbocycles. The smallest absolute Gasteiger partial charge is 0.407 e. The SMILES string of the molecule is O=C(NCCc1ccc(O)cc1)[C@@H]1CN(C(=O)O)C[C@H]1C(=O)NCCc1ccc(O)cc1. The van der Waals surface area contributed by atoms with Gasteiger partial charge < -0.3 is 30.9 Å². The lowest BCUT2D eigenvalue weighted by molar-refractivity contribution is -0.132. The molecule has 3 rings (SSSR count). The van der Waals surface area contributed by atoms with Crippen LogP contribution in [0.4, 0.5) is 4.79 Å². The number of hydrogen-bond donors (Lipinski definition) is 5. The normalized spacial score (nSPS) is 17.7. The minimum atomic E-state index is -1.16. The molecule has 2 atom stereocenters. The Morgan fingerprint density at radius 3 is 1.47 bits per heavy atom. The van der Waals surface area contributed by atoms with Crippen LogP contribution in [0.1, 0.15) is 11.1 Å². The Bertz CT molecular complexity index is 874. The van der Waals surface area contributed by atoms with E-state index in [1.54, 1.807) is 48.5 Å². The van der Waals surface area contributed by atoms with Gasteiger partial charge in [-0.3, -0.25) is 9.59 Å². The largest absolute Gasteiger partial charge is 0.508 e. The van der Waals surface area contributed by atoms with E-state index in [4.69, 9.17) is 0 Å². The highest BCUT2D eigenvalue weighted by atomic mass is 16.4. The van der Waals surface area contributed by atoms with Gasteiger partial charge in [-0.25, -0.2) is 4.79 Å². The van der Waals surface area contributed by atoms with Crippen molar-refractivity contribution >= 4 is 17.9 Å². The Morgan fingerprint density at radius 2 is 1.12 bits per heavy atom. The second-order valence-corrected chi connectivity index (χ2v) is 7.82. The first-order chi connectivity index (χ1) is 15.3. The predicted molar refractivity (Wildman–Crippen MR) is 116 cm³/mol. The second kappa shape index (κ2) is 10.5. The molecule has 5 N–H and O–H groups in total. The van der Waals surface area contributed by atoms with Gasteiger partial charge in [0.1, 0.15) is 11.5 Å².